The van der Waals surface area contributed by atoms with Crippen molar-refractivity contribution in [2.45, 2.75) is 17.9 Å². The number of hydrogen-bond acceptors (Lipinski definition) is 4. The lowest BCUT2D eigenvalue weighted by atomic mass is 10.2. The standard InChI is InChI=1S/C17H18F2N2O4S/c1-11(10-25-2)21-26(23,24)14-7-8-16(15(19)9-14)20-17(22)12-3-5-13(18)6-4-12/h3-9,11,21H,10H2,1-2H3,(H,20,22)/t11-/m1/s1. The van der Waals surface area contributed by atoms with Crippen LogP contribution < -0.4 is 10.0 Å². The summed E-state index contributed by atoms with van der Waals surface area (Å²) in [5, 5.41) is 2.31. The highest BCUT2D eigenvalue weighted by atomic mass is 32.2. The van der Waals surface area contributed by atoms with Crippen molar-refractivity contribution < 1.29 is 26.7 Å². The molecule has 9 heteroatoms. The van der Waals surface area contributed by atoms with Crippen LogP contribution in [0.5, 0.6) is 0 Å². The van der Waals surface area contributed by atoms with Crippen molar-refractivity contribution in [1.82, 2.24) is 4.72 Å². The van der Waals surface area contributed by atoms with Gasteiger partial charge in [0.1, 0.15) is 11.6 Å². The van der Waals surface area contributed by atoms with E-state index in [0.29, 0.717) is 0 Å². The van der Waals surface area contributed by atoms with Gasteiger partial charge in [0.25, 0.3) is 5.91 Å². The molecule has 0 fully saturated rings. The fourth-order valence-corrected chi connectivity index (χ4v) is 3.42. The molecule has 26 heavy (non-hydrogen) atoms. The Balaban J connectivity index is 2.16. The Morgan fingerprint density at radius 2 is 1.81 bits per heavy atom. The largest absolute Gasteiger partial charge is 0.383 e. The van der Waals surface area contributed by atoms with E-state index < -0.39 is 33.6 Å². The molecule has 0 heterocycles. The lowest BCUT2D eigenvalue weighted by molar-refractivity contribution is 0.102. The number of benzene rings is 2. The van der Waals surface area contributed by atoms with Crippen LogP contribution in [0.2, 0.25) is 0 Å². The summed E-state index contributed by atoms with van der Waals surface area (Å²) in [5.41, 5.74) is -0.0548. The number of carbonyl (C=O) groups is 1. The molecule has 0 unspecified atom stereocenters. The van der Waals surface area contributed by atoms with Crippen molar-refractivity contribution in [1.29, 1.82) is 0 Å². The zero-order chi connectivity index (χ0) is 19.3. The monoisotopic (exact) mass is 384 g/mol. The van der Waals surface area contributed by atoms with Crippen molar-refractivity contribution in [3.05, 3.63) is 59.7 Å². The number of hydrogen-bond donors (Lipinski definition) is 2. The summed E-state index contributed by atoms with van der Waals surface area (Å²) in [6.45, 7) is 1.77. The van der Waals surface area contributed by atoms with Gasteiger partial charge in [-0.3, -0.25) is 4.79 Å². The zero-order valence-corrected chi connectivity index (χ0v) is 14.9. The van der Waals surface area contributed by atoms with Crippen LogP contribution in [0, 0.1) is 11.6 Å². The van der Waals surface area contributed by atoms with E-state index in [1.54, 1.807) is 6.92 Å². The van der Waals surface area contributed by atoms with Gasteiger partial charge in [0.15, 0.2) is 0 Å². The fraction of sp³-hybridized carbons (Fsp3) is 0.235. The van der Waals surface area contributed by atoms with Gasteiger partial charge in [-0.05, 0) is 49.4 Å². The normalized spacial score (nSPS) is 12.6. The predicted octanol–water partition coefficient (Wildman–Crippen LogP) is 2.53. The minimum atomic E-state index is -3.93. The second-order valence-corrected chi connectivity index (χ2v) is 7.29. The minimum Gasteiger partial charge on any atom is -0.383 e. The molecule has 0 aliphatic rings. The summed E-state index contributed by atoms with van der Waals surface area (Å²) < 4.78 is 58.7. The summed E-state index contributed by atoms with van der Waals surface area (Å²) >= 11 is 0. The molecular formula is C17H18F2N2O4S. The third-order valence-electron chi connectivity index (χ3n) is 3.38. The summed E-state index contributed by atoms with van der Waals surface area (Å²) in [5.74, 6) is -2.06. The molecule has 1 amide bonds. The Labute approximate surface area is 150 Å². The van der Waals surface area contributed by atoms with E-state index >= 15 is 0 Å². The highest BCUT2D eigenvalue weighted by Crippen LogP contribution is 2.20. The molecule has 0 saturated heterocycles. The average molecular weight is 384 g/mol. The van der Waals surface area contributed by atoms with Gasteiger partial charge >= 0.3 is 0 Å². The van der Waals surface area contributed by atoms with Crippen LogP contribution >= 0.6 is 0 Å². The van der Waals surface area contributed by atoms with Gasteiger partial charge < -0.3 is 10.1 Å². The van der Waals surface area contributed by atoms with E-state index in [1.165, 1.54) is 25.3 Å². The maximum atomic E-state index is 14.2. The first-order chi connectivity index (χ1) is 12.2. The third kappa shape index (κ3) is 5.07. The van der Waals surface area contributed by atoms with E-state index in [2.05, 4.69) is 10.0 Å². The molecule has 0 aliphatic heterocycles. The smallest absolute Gasteiger partial charge is 0.255 e. The Morgan fingerprint density at radius 3 is 2.38 bits per heavy atom. The lowest BCUT2D eigenvalue weighted by Crippen LogP contribution is -2.35. The average Bonchev–Trinajstić information content (AvgIpc) is 2.56. The summed E-state index contributed by atoms with van der Waals surface area (Å²) in [4.78, 5) is 11.8. The number of rotatable bonds is 7. The molecule has 2 N–H and O–H groups in total. The molecule has 1 atom stereocenters. The molecule has 6 nitrogen and oxygen atoms in total. The number of anilines is 1. The van der Waals surface area contributed by atoms with Crippen molar-refractivity contribution in [3.8, 4) is 0 Å². The van der Waals surface area contributed by atoms with Gasteiger partial charge in [0.2, 0.25) is 10.0 Å². The van der Waals surface area contributed by atoms with Crippen LogP contribution in [0.1, 0.15) is 17.3 Å². The highest BCUT2D eigenvalue weighted by molar-refractivity contribution is 7.89. The number of halogens is 2. The molecule has 0 aromatic heterocycles. The van der Waals surface area contributed by atoms with E-state index in [0.717, 1.165) is 24.3 Å². The Bertz CT molecular complexity index is 886. The number of ether oxygens (including phenoxy) is 1. The van der Waals surface area contributed by atoms with Crippen molar-refractivity contribution in [2.24, 2.45) is 0 Å². The number of methoxy groups -OCH3 is 1. The van der Waals surface area contributed by atoms with Crippen molar-refractivity contribution in [3.63, 3.8) is 0 Å². The maximum Gasteiger partial charge on any atom is 0.255 e. The third-order valence-corrected chi connectivity index (χ3v) is 4.97. The van der Waals surface area contributed by atoms with E-state index in [9.17, 15) is 22.0 Å². The Morgan fingerprint density at radius 1 is 1.15 bits per heavy atom. The minimum absolute atomic E-state index is 0.137. The van der Waals surface area contributed by atoms with Gasteiger partial charge in [-0.2, -0.15) is 0 Å². The van der Waals surface area contributed by atoms with Crippen LogP contribution in [0.4, 0.5) is 14.5 Å². The van der Waals surface area contributed by atoms with Gasteiger partial charge in [0.05, 0.1) is 17.2 Å². The lowest BCUT2D eigenvalue weighted by Gasteiger charge is -2.14. The second-order valence-electron chi connectivity index (χ2n) is 5.58. The molecular weight excluding hydrogens is 366 g/mol. The van der Waals surface area contributed by atoms with Gasteiger partial charge in [-0.25, -0.2) is 21.9 Å². The van der Waals surface area contributed by atoms with E-state index in [1.807, 2.05) is 0 Å². The van der Waals surface area contributed by atoms with E-state index in [-0.39, 0.29) is 22.8 Å². The first kappa shape index (κ1) is 20.0. The van der Waals surface area contributed by atoms with Crippen LogP contribution in [-0.2, 0) is 14.8 Å². The van der Waals surface area contributed by atoms with E-state index in [4.69, 9.17) is 4.74 Å². The maximum absolute atomic E-state index is 14.2. The molecule has 0 saturated carbocycles. The number of nitrogens with one attached hydrogen (secondary N) is 2. The highest BCUT2D eigenvalue weighted by Gasteiger charge is 2.19. The van der Waals surface area contributed by atoms with Crippen LogP contribution in [0.25, 0.3) is 0 Å². The van der Waals surface area contributed by atoms with Crippen molar-refractivity contribution >= 4 is 21.6 Å². The summed E-state index contributed by atoms with van der Waals surface area (Å²) in [6.07, 6.45) is 0. The zero-order valence-electron chi connectivity index (χ0n) is 14.1. The van der Waals surface area contributed by atoms with Crippen LogP contribution in [0.15, 0.2) is 47.4 Å². The van der Waals surface area contributed by atoms with Crippen LogP contribution in [0.3, 0.4) is 0 Å². The number of amides is 1. The topological polar surface area (TPSA) is 84.5 Å². The molecule has 140 valence electrons. The number of carbonyl (C=O) groups excluding carboxylic acids is 1. The summed E-state index contributed by atoms with van der Waals surface area (Å²) in [6, 6.07) is 7.35. The fourth-order valence-electron chi connectivity index (χ4n) is 2.18. The van der Waals surface area contributed by atoms with Crippen LogP contribution in [-0.4, -0.2) is 34.1 Å². The van der Waals surface area contributed by atoms with Gasteiger partial charge in [-0.15, -0.1) is 0 Å². The molecule has 2 rings (SSSR count). The van der Waals surface area contributed by atoms with Crippen molar-refractivity contribution in [2.75, 3.05) is 19.0 Å². The molecule has 2 aromatic rings. The first-order valence-electron chi connectivity index (χ1n) is 7.60. The first-order valence-corrected chi connectivity index (χ1v) is 9.09. The Hall–Kier alpha value is -2.36. The summed E-state index contributed by atoms with van der Waals surface area (Å²) in [7, 11) is -2.50. The second kappa shape index (κ2) is 8.35. The number of sulfonamides is 1. The van der Waals surface area contributed by atoms with Gasteiger partial charge in [-0.1, -0.05) is 0 Å². The molecule has 0 radical (unpaired) electrons. The predicted molar refractivity (Wildman–Crippen MR) is 92.4 cm³/mol. The molecule has 0 spiro atoms. The van der Waals surface area contributed by atoms with Gasteiger partial charge in [0, 0.05) is 18.7 Å². The Kier molecular flexibility index (Phi) is 6.41. The molecule has 2 aromatic carbocycles. The molecule has 0 aliphatic carbocycles. The molecule has 0 bridgehead atoms. The quantitative estimate of drug-likeness (QED) is 0.768. The SMILES string of the molecule is COC[C@@H](C)NS(=O)(=O)c1ccc(NC(=O)c2ccc(F)cc2)c(F)c1.